The molecule has 6 nitrogen and oxygen atoms in total. The second-order valence-corrected chi connectivity index (χ2v) is 6.69. The maximum Gasteiger partial charge on any atom is 0.319 e. The van der Waals surface area contributed by atoms with Crippen LogP contribution in [-0.2, 0) is 4.74 Å². The first-order valence-electron chi connectivity index (χ1n) is 8.92. The fourth-order valence-electron chi connectivity index (χ4n) is 3.20. The number of nitrogens with zero attached hydrogens (tertiary/aromatic N) is 1. The molecule has 0 saturated carbocycles. The number of urea groups is 1. The molecule has 1 aliphatic heterocycles. The normalized spacial score (nSPS) is 15.8. The monoisotopic (exact) mass is 389 g/mol. The molecule has 0 aliphatic carbocycles. The molecule has 7 heteroatoms. The zero-order valence-corrected chi connectivity index (χ0v) is 16.0. The Morgan fingerprint density at radius 2 is 2.00 bits per heavy atom. The molecule has 0 radical (unpaired) electrons. The van der Waals surface area contributed by atoms with Gasteiger partial charge in [0.05, 0.1) is 26.4 Å². The molecule has 2 N–H and O–H groups in total. The highest BCUT2D eigenvalue weighted by atomic mass is 35.5. The largest absolute Gasteiger partial charge is 0.496 e. The third-order valence-corrected chi connectivity index (χ3v) is 4.76. The molecule has 1 atom stereocenters. The van der Waals surface area contributed by atoms with E-state index in [2.05, 4.69) is 15.5 Å². The average Bonchev–Trinajstić information content (AvgIpc) is 2.69. The summed E-state index contributed by atoms with van der Waals surface area (Å²) in [5.74, 6) is 0.811. The summed E-state index contributed by atoms with van der Waals surface area (Å²) in [7, 11) is 1.66. The molecule has 0 aromatic heterocycles. The van der Waals surface area contributed by atoms with Crippen molar-refractivity contribution < 1.29 is 14.3 Å². The Balaban J connectivity index is 1.70. The summed E-state index contributed by atoms with van der Waals surface area (Å²) in [6, 6.07) is 14.7. The number of hydrogen-bond acceptors (Lipinski definition) is 4. The van der Waals surface area contributed by atoms with E-state index in [4.69, 9.17) is 21.1 Å². The van der Waals surface area contributed by atoms with Crippen LogP contribution in [0.25, 0.3) is 0 Å². The molecule has 1 fully saturated rings. The first-order chi connectivity index (χ1) is 13.2. The van der Waals surface area contributed by atoms with Gasteiger partial charge in [0, 0.05) is 35.9 Å². The van der Waals surface area contributed by atoms with Crippen LogP contribution < -0.4 is 15.4 Å². The summed E-state index contributed by atoms with van der Waals surface area (Å²) >= 11 is 5.97. The highest BCUT2D eigenvalue weighted by Gasteiger charge is 2.25. The Bertz CT molecular complexity index is 766. The third kappa shape index (κ3) is 5.35. The summed E-state index contributed by atoms with van der Waals surface area (Å²) in [4.78, 5) is 14.7. The summed E-state index contributed by atoms with van der Waals surface area (Å²) in [6.45, 7) is 3.42. The molecule has 2 aromatic rings. The van der Waals surface area contributed by atoms with Crippen LogP contribution in [0, 0.1) is 0 Å². The van der Waals surface area contributed by atoms with Crippen LogP contribution in [-0.4, -0.2) is 50.9 Å². The van der Waals surface area contributed by atoms with Crippen LogP contribution in [0.3, 0.4) is 0 Å². The molecule has 1 unspecified atom stereocenters. The maximum absolute atomic E-state index is 12.4. The van der Waals surface area contributed by atoms with Crippen molar-refractivity contribution in [1.82, 2.24) is 10.2 Å². The van der Waals surface area contributed by atoms with Crippen molar-refractivity contribution >= 4 is 23.3 Å². The fourth-order valence-corrected chi connectivity index (χ4v) is 3.39. The molecule has 1 saturated heterocycles. The highest BCUT2D eigenvalue weighted by Crippen LogP contribution is 2.29. The van der Waals surface area contributed by atoms with Gasteiger partial charge >= 0.3 is 6.03 Å². The van der Waals surface area contributed by atoms with E-state index in [9.17, 15) is 4.79 Å². The van der Waals surface area contributed by atoms with Gasteiger partial charge in [-0.3, -0.25) is 4.90 Å². The maximum atomic E-state index is 12.4. The molecular formula is C20H24ClN3O3. The van der Waals surface area contributed by atoms with Gasteiger partial charge in [-0.15, -0.1) is 0 Å². The number of hydrogen-bond donors (Lipinski definition) is 2. The fraction of sp³-hybridized carbons (Fsp3) is 0.350. The van der Waals surface area contributed by atoms with Crippen LogP contribution in [0.15, 0.2) is 48.5 Å². The van der Waals surface area contributed by atoms with Crippen molar-refractivity contribution in [2.45, 2.75) is 6.04 Å². The number of ether oxygens (including phenoxy) is 2. The van der Waals surface area contributed by atoms with Gasteiger partial charge in [0.2, 0.25) is 0 Å². The predicted octanol–water partition coefficient (Wildman–Crippen LogP) is 3.54. The van der Waals surface area contributed by atoms with Gasteiger partial charge in [-0.1, -0.05) is 35.9 Å². The number of benzene rings is 2. The molecule has 1 aliphatic rings. The van der Waals surface area contributed by atoms with E-state index >= 15 is 0 Å². The molecule has 3 rings (SSSR count). The van der Waals surface area contributed by atoms with Crippen molar-refractivity contribution in [3.05, 3.63) is 59.1 Å². The summed E-state index contributed by atoms with van der Waals surface area (Å²) in [5, 5.41) is 6.36. The lowest BCUT2D eigenvalue weighted by Crippen LogP contribution is -2.44. The molecule has 27 heavy (non-hydrogen) atoms. The Hall–Kier alpha value is -2.28. The van der Waals surface area contributed by atoms with Crippen molar-refractivity contribution in [1.29, 1.82) is 0 Å². The van der Waals surface area contributed by atoms with E-state index in [1.54, 1.807) is 31.4 Å². The zero-order chi connectivity index (χ0) is 19.1. The van der Waals surface area contributed by atoms with E-state index < -0.39 is 0 Å². The SMILES string of the molecule is COc1ccccc1C(CNC(=O)Nc1cccc(Cl)c1)N1CCOCC1. The Morgan fingerprint density at radius 1 is 1.22 bits per heavy atom. The van der Waals surface area contributed by atoms with Gasteiger partial charge in [0.25, 0.3) is 0 Å². The third-order valence-electron chi connectivity index (χ3n) is 4.52. The number of para-hydroxylation sites is 1. The molecule has 2 amide bonds. The van der Waals surface area contributed by atoms with Crippen LogP contribution in [0.1, 0.15) is 11.6 Å². The highest BCUT2D eigenvalue weighted by molar-refractivity contribution is 6.30. The smallest absolute Gasteiger partial charge is 0.319 e. The van der Waals surface area contributed by atoms with Gasteiger partial charge in [0.1, 0.15) is 5.75 Å². The molecule has 0 bridgehead atoms. The molecule has 0 spiro atoms. The number of rotatable bonds is 6. The standard InChI is InChI=1S/C20H24ClN3O3/c1-26-19-8-3-2-7-17(19)18(24-9-11-27-12-10-24)14-22-20(25)23-16-6-4-5-15(21)13-16/h2-8,13,18H,9-12,14H2,1H3,(H2,22,23,25). The number of halogens is 1. The van der Waals surface area contributed by atoms with E-state index in [-0.39, 0.29) is 12.1 Å². The van der Waals surface area contributed by atoms with Gasteiger partial charge in [0.15, 0.2) is 0 Å². The number of carbonyl (C=O) groups is 1. The topological polar surface area (TPSA) is 62.8 Å². The van der Waals surface area contributed by atoms with Gasteiger partial charge in [-0.25, -0.2) is 4.79 Å². The lowest BCUT2D eigenvalue weighted by molar-refractivity contribution is 0.0163. The quantitative estimate of drug-likeness (QED) is 0.793. The lowest BCUT2D eigenvalue weighted by atomic mass is 10.0. The average molecular weight is 390 g/mol. The van der Waals surface area contributed by atoms with Crippen molar-refractivity contribution in [2.75, 3.05) is 45.3 Å². The van der Waals surface area contributed by atoms with Crippen molar-refractivity contribution in [3.8, 4) is 5.75 Å². The number of carbonyl (C=O) groups excluding carboxylic acids is 1. The molecular weight excluding hydrogens is 366 g/mol. The van der Waals surface area contributed by atoms with Crippen LogP contribution in [0.5, 0.6) is 5.75 Å². The number of nitrogens with one attached hydrogen (secondary N) is 2. The van der Waals surface area contributed by atoms with Crippen LogP contribution in [0.2, 0.25) is 5.02 Å². The molecule has 2 aromatic carbocycles. The number of methoxy groups -OCH3 is 1. The Kier molecular flexibility index (Phi) is 6.92. The van der Waals surface area contributed by atoms with Gasteiger partial charge in [-0.05, 0) is 24.3 Å². The number of amides is 2. The lowest BCUT2D eigenvalue weighted by Gasteiger charge is -2.35. The Labute approximate surface area is 164 Å². The minimum atomic E-state index is -0.273. The minimum absolute atomic E-state index is 0.00448. The first kappa shape index (κ1) is 19.5. The second-order valence-electron chi connectivity index (χ2n) is 6.25. The van der Waals surface area contributed by atoms with E-state index in [0.717, 1.165) is 24.4 Å². The number of anilines is 1. The van der Waals surface area contributed by atoms with Gasteiger partial charge in [-0.2, -0.15) is 0 Å². The van der Waals surface area contributed by atoms with Crippen LogP contribution >= 0.6 is 11.6 Å². The second kappa shape index (κ2) is 9.60. The van der Waals surface area contributed by atoms with Crippen molar-refractivity contribution in [2.24, 2.45) is 0 Å². The zero-order valence-electron chi connectivity index (χ0n) is 15.3. The Morgan fingerprint density at radius 3 is 2.74 bits per heavy atom. The van der Waals surface area contributed by atoms with Gasteiger partial charge < -0.3 is 20.1 Å². The predicted molar refractivity (Wildman–Crippen MR) is 107 cm³/mol. The van der Waals surface area contributed by atoms with E-state index in [0.29, 0.717) is 30.5 Å². The van der Waals surface area contributed by atoms with Crippen molar-refractivity contribution in [3.63, 3.8) is 0 Å². The number of morpholine rings is 1. The summed E-state index contributed by atoms with van der Waals surface area (Å²) in [6.07, 6.45) is 0. The molecule has 144 valence electrons. The van der Waals surface area contributed by atoms with E-state index in [1.807, 2.05) is 24.3 Å². The summed E-state index contributed by atoms with van der Waals surface area (Å²) < 4.78 is 11.0. The van der Waals surface area contributed by atoms with Crippen LogP contribution in [0.4, 0.5) is 10.5 Å². The van der Waals surface area contributed by atoms with E-state index in [1.165, 1.54) is 0 Å². The first-order valence-corrected chi connectivity index (χ1v) is 9.30. The molecule has 1 heterocycles. The minimum Gasteiger partial charge on any atom is -0.496 e. The summed E-state index contributed by atoms with van der Waals surface area (Å²) in [5.41, 5.74) is 1.70.